The molecule has 1 aromatic carbocycles. The van der Waals surface area contributed by atoms with Crippen molar-refractivity contribution in [1.82, 2.24) is 5.43 Å². The summed E-state index contributed by atoms with van der Waals surface area (Å²) in [5.41, 5.74) is 1.92. The number of amides is 2. The molecule has 0 aliphatic rings. The number of carbonyl (C=O) groups is 2. The minimum absolute atomic E-state index is 0.136. The fourth-order valence-corrected chi connectivity index (χ4v) is 2.46. The lowest BCUT2D eigenvalue weighted by Gasteiger charge is -2.09. The summed E-state index contributed by atoms with van der Waals surface area (Å²) >= 11 is 1.41. The third-order valence-electron chi connectivity index (χ3n) is 2.90. The molecule has 1 heterocycles. The second-order valence-corrected chi connectivity index (χ2v) is 5.65. The van der Waals surface area contributed by atoms with Gasteiger partial charge in [-0.3, -0.25) is 9.59 Å². The summed E-state index contributed by atoms with van der Waals surface area (Å²) in [5.74, 6) is -2.20. The second kappa shape index (κ2) is 7.26. The Morgan fingerprint density at radius 2 is 1.96 bits per heavy atom. The van der Waals surface area contributed by atoms with Gasteiger partial charge in [-0.1, -0.05) is 6.07 Å². The van der Waals surface area contributed by atoms with Crippen molar-refractivity contribution < 1.29 is 22.8 Å². The SMILES string of the molecule is Cc1ccsc1C=NNC(=O)C(=O)Nc1cccc(C(F)(F)F)c1. The lowest BCUT2D eigenvalue weighted by molar-refractivity contribution is -0.137. The van der Waals surface area contributed by atoms with Gasteiger partial charge in [0.1, 0.15) is 0 Å². The number of hydrazone groups is 1. The Labute approximate surface area is 139 Å². The maximum atomic E-state index is 12.6. The number of anilines is 1. The number of nitrogens with one attached hydrogen (secondary N) is 2. The molecule has 0 spiro atoms. The summed E-state index contributed by atoms with van der Waals surface area (Å²) in [6.45, 7) is 1.86. The number of rotatable bonds is 3. The molecule has 0 atom stereocenters. The topological polar surface area (TPSA) is 70.6 Å². The summed E-state index contributed by atoms with van der Waals surface area (Å²) < 4.78 is 37.8. The van der Waals surface area contributed by atoms with Crippen molar-refractivity contribution in [3.8, 4) is 0 Å². The van der Waals surface area contributed by atoms with Crippen molar-refractivity contribution in [2.24, 2.45) is 5.10 Å². The van der Waals surface area contributed by atoms with Crippen LogP contribution in [-0.4, -0.2) is 18.0 Å². The lowest BCUT2D eigenvalue weighted by Crippen LogP contribution is -2.32. The van der Waals surface area contributed by atoms with Crippen LogP contribution in [0.5, 0.6) is 0 Å². The van der Waals surface area contributed by atoms with Crippen molar-refractivity contribution in [1.29, 1.82) is 0 Å². The Morgan fingerprint density at radius 3 is 2.58 bits per heavy atom. The van der Waals surface area contributed by atoms with Crippen molar-refractivity contribution in [2.45, 2.75) is 13.1 Å². The van der Waals surface area contributed by atoms with E-state index in [2.05, 4.69) is 10.4 Å². The Balaban J connectivity index is 1.96. The number of alkyl halides is 3. The van der Waals surface area contributed by atoms with Crippen molar-refractivity contribution in [2.75, 3.05) is 5.32 Å². The highest BCUT2D eigenvalue weighted by molar-refractivity contribution is 7.11. The molecule has 0 saturated carbocycles. The molecule has 0 unspecified atom stereocenters. The van der Waals surface area contributed by atoms with Crippen LogP contribution in [0.4, 0.5) is 18.9 Å². The molecule has 0 saturated heterocycles. The Morgan fingerprint density at radius 1 is 1.21 bits per heavy atom. The normalized spacial score (nSPS) is 11.5. The van der Waals surface area contributed by atoms with E-state index in [4.69, 9.17) is 0 Å². The first-order chi connectivity index (χ1) is 11.3. The average molecular weight is 355 g/mol. The van der Waals surface area contributed by atoms with E-state index in [9.17, 15) is 22.8 Å². The molecule has 9 heteroatoms. The smallest absolute Gasteiger partial charge is 0.318 e. The molecule has 2 rings (SSSR count). The zero-order chi connectivity index (χ0) is 17.7. The minimum Gasteiger partial charge on any atom is -0.318 e. The van der Waals surface area contributed by atoms with Crippen LogP contribution in [0.25, 0.3) is 0 Å². The van der Waals surface area contributed by atoms with Gasteiger partial charge >= 0.3 is 18.0 Å². The van der Waals surface area contributed by atoms with Gasteiger partial charge in [-0.25, -0.2) is 5.43 Å². The predicted octanol–water partition coefficient (Wildman–Crippen LogP) is 3.16. The van der Waals surface area contributed by atoms with Gasteiger partial charge in [0.15, 0.2) is 0 Å². The van der Waals surface area contributed by atoms with E-state index in [0.29, 0.717) is 0 Å². The molecule has 1 aromatic heterocycles. The van der Waals surface area contributed by atoms with E-state index in [0.717, 1.165) is 28.6 Å². The van der Waals surface area contributed by atoms with E-state index in [1.54, 1.807) is 0 Å². The predicted molar refractivity (Wildman–Crippen MR) is 84.9 cm³/mol. The standard InChI is InChI=1S/C15H12F3N3O2S/c1-9-5-6-24-12(9)8-19-21-14(23)13(22)20-11-4-2-3-10(7-11)15(16,17)18/h2-8H,1H3,(H,20,22)(H,21,23). The Kier molecular flexibility index (Phi) is 5.35. The summed E-state index contributed by atoms with van der Waals surface area (Å²) in [4.78, 5) is 24.1. The number of halogens is 3. The van der Waals surface area contributed by atoms with Crippen LogP contribution >= 0.6 is 11.3 Å². The first-order valence-electron chi connectivity index (χ1n) is 6.63. The molecule has 0 aliphatic heterocycles. The van der Waals surface area contributed by atoms with Crippen LogP contribution in [0.3, 0.4) is 0 Å². The fraction of sp³-hybridized carbons (Fsp3) is 0.133. The van der Waals surface area contributed by atoms with Crippen LogP contribution in [0.1, 0.15) is 16.0 Å². The Bertz CT molecular complexity index is 784. The minimum atomic E-state index is -4.54. The van der Waals surface area contributed by atoms with E-state index >= 15 is 0 Å². The molecule has 0 bridgehead atoms. The number of carbonyl (C=O) groups excluding carboxylic acids is 2. The zero-order valence-electron chi connectivity index (χ0n) is 12.3. The quantitative estimate of drug-likeness (QED) is 0.504. The first-order valence-corrected chi connectivity index (χ1v) is 7.51. The van der Waals surface area contributed by atoms with Crippen LogP contribution in [0.15, 0.2) is 40.8 Å². The van der Waals surface area contributed by atoms with Crippen LogP contribution in [0.2, 0.25) is 0 Å². The number of thiophene rings is 1. The van der Waals surface area contributed by atoms with Gasteiger partial charge in [-0.15, -0.1) is 11.3 Å². The Hall–Kier alpha value is -2.68. The summed E-state index contributed by atoms with van der Waals surface area (Å²) in [6.07, 6.45) is -3.15. The molecule has 0 aliphatic carbocycles. The van der Waals surface area contributed by atoms with Crippen molar-refractivity contribution in [3.63, 3.8) is 0 Å². The number of aryl methyl sites for hydroxylation is 1. The third-order valence-corrected chi connectivity index (χ3v) is 3.86. The lowest BCUT2D eigenvalue weighted by atomic mass is 10.2. The van der Waals surface area contributed by atoms with E-state index in [-0.39, 0.29) is 5.69 Å². The number of hydrogen-bond acceptors (Lipinski definition) is 4. The van der Waals surface area contributed by atoms with E-state index in [1.165, 1.54) is 23.6 Å². The van der Waals surface area contributed by atoms with Gasteiger partial charge in [0, 0.05) is 10.6 Å². The molecule has 2 aromatic rings. The monoisotopic (exact) mass is 355 g/mol. The van der Waals surface area contributed by atoms with Crippen LogP contribution < -0.4 is 10.7 Å². The highest BCUT2D eigenvalue weighted by atomic mass is 32.1. The largest absolute Gasteiger partial charge is 0.416 e. The maximum absolute atomic E-state index is 12.6. The van der Waals surface area contributed by atoms with Crippen molar-refractivity contribution >= 4 is 35.1 Å². The van der Waals surface area contributed by atoms with Gasteiger partial charge in [0.25, 0.3) is 0 Å². The fourth-order valence-electron chi connectivity index (χ4n) is 1.68. The number of nitrogens with zero attached hydrogens (tertiary/aromatic N) is 1. The van der Waals surface area contributed by atoms with Gasteiger partial charge in [-0.05, 0) is 42.1 Å². The number of benzene rings is 1. The number of hydrogen-bond donors (Lipinski definition) is 2. The molecule has 0 radical (unpaired) electrons. The van der Waals surface area contributed by atoms with Crippen molar-refractivity contribution in [3.05, 3.63) is 51.7 Å². The highest BCUT2D eigenvalue weighted by Gasteiger charge is 2.30. The van der Waals surface area contributed by atoms with E-state index in [1.807, 2.05) is 23.8 Å². The van der Waals surface area contributed by atoms with Gasteiger partial charge < -0.3 is 5.32 Å². The molecule has 24 heavy (non-hydrogen) atoms. The summed E-state index contributed by atoms with van der Waals surface area (Å²) in [5, 5.41) is 7.57. The summed E-state index contributed by atoms with van der Waals surface area (Å²) in [7, 11) is 0. The molecule has 2 N–H and O–H groups in total. The molecule has 126 valence electrons. The molecule has 5 nitrogen and oxygen atoms in total. The zero-order valence-corrected chi connectivity index (χ0v) is 13.2. The van der Waals surface area contributed by atoms with Crippen LogP contribution in [-0.2, 0) is 15.8 Å². The molecule has 2 amide bonds. The average Bonchev–Trinajstić information content (AvgIpc) is 2.92. The molecular formula is C15H12F3N3O2S. The maximum Gasteiger partial charge on any atom is 0.416 e. The van der Waals surface area contributed by atoms with Gasteiger partial charge in [0.05, 0.1) is 11.8 Å². The first kappa shape index (κ1) is 17.7. The molecular weight excluding hydrogens is 343 g/mol. The summed E-state index contributed by atoms with van der Waals surface area (Å²) in [6, 6.07) is 5.85. The van der Waals surface area contributed by atoms with Gasteiger partial charge in [0.2, 0.25) is 0 Å². The molecule has 0 fully saturated rings. The van der Waals surface area contributed by atoms with E-state index < -0.39 is 23.6 Å². The highest BCUT2D eigenvalue weighted by Crippen LogP contribution is 2.30. The van der Waals surface area contributed by atoms with Gasteiger partial charge in [-0.2, -0.15) is 18.3 Å². The third kappa shape index (κ3) is 4.66. The second-order valence-electron chi connectivity index (χ2n) is 4.70. The van der Waals surface area contributed by atoms with Crippen LogP contribution in [0, 0.1) is 6.92 Å².